The second-order valence-corrected chi connectivity index (χ2v) is 8.52. The number of unbranched alkanes of at least 4 members (excludes halogenated alkanes) is 9. The van der Waals surface area contributed by atoms with Crippen LogP contribution in [0, 0.1) is 0 Å². The first-order chi connectivity index (χ1) is 12.6. The van der Waals surface area contributed by atoms with Gasteiger partial charge < -0.3 is 2.85 Å². The maximum Gasteiger partial charge on any atom is 2.00 e. The van der Waals surface area contributed by atoms with Crippen molar-refractivity contribution in [3.05, 3.63) is 42.5 Å². The van der Waals surface area contributed by atoms with Crippen LogP contribution in [0.15, 0.2) is 47.4 Å². The summed E-state index contributed by atoms with van der Waals surface area (Å²) >= 11 is 0. The molecule has 148 valence electrons. The van der Waals surface area contributed by atoms with Crippen LogP contribution in [0.25, 0.3) is 10.8 Å². The first-order valence-corrected chi connectivity index (χ1v) is 11.4. The molecule has 0 saturated heterocycles. The van der Waals surface area contributed by atoms with Gasteiger partial charge in [-0.05, 0) is 17.9 Å². The van der Waals surface area contributed by atoms with Crippen molar-refractivity contribution in [3.8, 4) is 0 Å². The third kappa shape index (κ3) is 8.51. The number of benzene rings is 2. The molecule has 3 nitrogen and oxygen atoms in total. The molecule has 0 spiro atoms. The zero-order valence-corrected chi connectivity index (χ0v) is 18.9. The second-order valence-electron chi connectivity index (χ2n) is 6.94. The largest absolute Gasteiger partial charge is 2.00 e. The number of hydrogen-bond acceptors (Lipinski definition) is 3. The number of fused-ring (bicyclic) bond motifs is 1. The van der Waals surface area contributed by atoms with Gasteiger partial charge in [0.15, 0.2) is 0 Å². The van der Waals surface area contributed by atoms with Crippen molar-refractivity contribution in [2.45, 2.75) is 76.0 Å². The summed E-state index contributed by atoms with van der Waals surface area (Å²) in [6.45, 7) is 2.50. The Kier molecular flexibility index (Phi) is 12.2. The van der Waals surface area contributed by atoms with Crippen LogP contribution in [0.4, 0.5) is 0 Å². The normalized spacial score (nSPS) is 11.4. The molecule has 0 atom stereocenters. The Morgan fingerprint density at radius 2 is 1.33 bits per heavy atom. The third-order valence-electron chi connectivity index (χ3n) is 4.76. The number of rotatable bonds is 13. The molecule has 2 aromatic rings. The smallest absolute Gasteiger partial charge is 1.00 e. The van der Waals surface area contributed by atoms with Gasteiger partial charge in [-0.15, -0.1) is 0 Å². The fraction of sp³-hybridized carbons (Fsp3) is 0.545. The molecule has 0 saturated carbocycles. The predicted octanol–water partition coefficient (Wildman–Crippen LogP) is 6.31. The predicted molar refractivity (Wildman–Crippen MR) is 117 cm³/mol. The molecule has 0 unspecified atom stereocenters. The Hall–Kier alpha value is -0.624. The van der Waals surface area contributed by atoms with E-state index in [1.54, 1.807) is 12.1 Å². The topological polar surface area (TPSA) is 43.4 Å². The summed E-state index contributed by atoms with van der Waals surface area (Å²) in [4.78, 5) is 0.266. The molecule has 0 amide bonds. The molecule has 0 N–H and O–H groups in total. The Balaban J connectivity index is 0. The van der Waals surface area contributed by atoms with Gasteiger partial charge in [0.25, 0.3) is 10.1 Å². The van der Waals surface area contributed by atoms with E-state index in [4.69, 9.17) is 4.18 Å². The molecule has 0 radical (unpaired) electrons. The van der Waals surface area contributed by atoms with Crippen molar-refractivity contribution in [2.24, 2.45) is 0 Å². The quantitative estimate of drug-likeness (QED) is 0.224. The SMILES string of the molecule is CCCCCCCCCCCCOS(=O)(=O)c1cccc2ccccc12.[H-].[H-].[Mg+2]. The minimum atomic E-state index is -3.70. The molecule has 27 heavy (non-hydrogen) atoms. The first-order valence-electron chi connectivity index (χ1n) is 10.0. The van der Waals surface area contributed by atoms with Crippen molar-refractivity contribution in [1.82, 2.24) is 0 Å². The molecule has 0 aliphatic rings. The summed E-state index contributed by atoms with van der Waals surface area (Å²) in [5.41, 5.74) is 0. The maximum absolute atomic E-state index is 12.5. The van der Waals surface area contributed by atoms with E-state index < -0.39 is 10.1 Å². The van der Waals surface area contributed by atoms with Crippen molar-refractivity contribution in [3.63, 3.8) is 0 Å². The van der Waals surface area contributed by atoms with E-state index in [2.05, 4.69) is 6.92 Å². The van der Waals surface area contributed by atoms with E-state index in [0.717, 1.165) is 30.0 Å². The van der Waals surface area contributed by atoms with Crippen molar-refractivity contribution in [1.29, 1.82) is 0 Å². The van der Waals surface area contributed by atoms with Gasteiger partial charge in [-0.3, -0.25) is 4.18 Å². The van der Waals surface area contributed by atoms with Gasteiger partial charge in [0.1, 0.15) is 4.90 Å². The van der Waals surface area contributed by atoms with Gasteiger partial charge in [0.2, 0.25) is 0 Å². The monoisotopic (exact) mass is 402 g/mol. The van der Waals surface area contributed by atoms with E-state index >= 15 is 0 Å². The summed E-state index contributed by atoms with van der Waals surface area (Å²) < 4.78 is 30.2. The third-order valence-corrected chi connectivity index (χ3v) is 6.13. The van der Waals surface area contributed by atoms with Crippen LogP contribution < -0.4 is 0 Å². The average Bonchev–Trinajstić information content (AvgIpc) is 2.65. The van der Waals surface area contributed by atoms with Gasteiger partial charge >= 0.3 is 23.1 Å². The maximum atomic E-state index is 12.5. The zero-order chi connectivity index (χ0) is 18.7. The van der Waals surface area contributed by atoms with Gasteiger partial charge in [0, 0.05) is 5.39 Å². The van der Waals surface area contributed by atoms with E-state index in [1.807, 2.05) is 30.3 Å². The Bertz CT molecular complexity index is 764. The van der Waals surface area contributed by atoms with Gasteiger partial charge in [-0.2, -0.15) is 8.42 Å². The van der Waals surface area contributed by atoms with Crippen LogP contribution in [0.3, 0.4) is 0 Å². The van der Waals surface area contributed by atoms with Crippen LogP contribution in [0.5, 0.6) is 0 Å². The van der Waals surface area contributed by atoms with E-state index in [-0.39, 0.29) is 37.4 Å². The molecule has 0 aliphatic carbocycles. The zero-order valence-electron chi connectivity index (χ0n) is 18.7. The van der Waals surface area contributed by atoms with Crippen molar-refractivity contribution >= 4 is 43.9 Å². The molecule has 5 heteroatoms. The van der Waals surface area contributed by atoms with Crippen molar-refractivity contribution in [2.75, 3.05) is 6.61 Å². The first kappa shape index (κ1) is 24.4. The molecular weight excluding hydrogens is 369 g/mol. The molecule has 0 aromatic heterocycles. The van der Waals surface area contributed by atoms with Gasteiger partial charge in [0.05, 0.1) is 6.61 Å². The average molecular weight is 403 g/mol. The molecular formula is C22H34MgO3S. The second kappa shape index (κ2) is 13.5. The standard InChI is InChI=1S/C22H32O3S.Mg.2H/c1-2-3-4-5-6-7-8-9-10-13-19-25-26(23,24)22-18-14-16-20-15-11-12-17-21(20)22;;;/h11-12,14-18H,2-10,13,19H2,1H3;;;/q;+2;2*-1. The van der Waals surface area contributed by atoms with Crippen LogP contribution in [0.1, 0.15) is 74.0 Å². The van der Waals surface area contributed by atoms with Crippen LogP contribution in [-0.4, -0.2) is 38.1 Å². The fourth-order valence-corrected chi connectivity index (χ4v) is 4.40. The Labute approximate surface area is 184 Å². The number of hydrogen-bond donors (Lipinski definition) is 0. The van der Waals surface area contributed by atoms with Gasteiger partial charge in [-0.25, -0.2) is 0 Å². The summed E-state index contributed by atoms with van der Waals surface area (Å²) in [6, 6.07) is 12.8. The van der Waals surface area contributed by atoms with Crippen molar-refractivity contribution < 1.29 is 15.5 Å². The van der Waals surface area contributed by atoms with E-state index in [0.29, 0.717) is 0 Å². The minimum Gasteiger partial charge on any atom is -1.00 e. The molecule has 2 aromatic carbocycles. The van der Waals surface area contributed by atoms with E-state index in [9.17, 15) is 8.42 Å². The molecule has 0 aliphatic heterocycles. The Morgan fingerprint density at radius 1 is 0.778 bits per heavy atom. The molecule has 2 rings (SSSR count). The van der Waals surface area contributed by atoms with Crippen LogP contribution in [0.2, 0.25) is 0 Å². The summed E-state index contributed by atoms with van der Waals surface area (Å²) in [6.07, 6.45) is 12.2. The molecule has 0 heterocycles. The summed E-state index contributed by atoms with van der Waals surface area (Å²) in [5.74, 6) is 0. The summed E-state index contributed by atoms with van der Waals surface area (Å²) in [7, 11) is -3.70. The summed E-state index contributed by atoms with van der Waals surface area (Å²) in [5, 5.41) is 1.63. The fourth-order valence-electron chi connectivity index (χ4n) is 3.24. The molecule has 0 fully saturated rings. The Morgan fingerprint density at radius 3 is 2.00 bits per heavy atom. The van der Waals surface area contributed by atoms with Crippen LogP contribution in [-0.2, 0) is 14.3 Å². The van der Waals surface area contributed by atoms with Crippen LogP contribution >= 0.6 is 0 Å². The molecule has 0 bridgehead atoms. The van der Waals surface area contributed by atoms with E-state index in [1.165, 1.54) is 44.9 Å². The van der Waals surface area contributed by atoms with Gasteiger partial charge in [-0.1, -0.05) is 101 Å². The minimum absolute atomic E-state index is 0.